The Morgan fingerprint density at radius 1 is 1.07 bits per heavy atom. The molecule has 7 nitrogen and oxygen atoms in total. The summed E-state index contributed by atoms with van der Waals surface area (Å²) in [5, 5.41) is 0.867. The lowest BCUT2D eigenvalue weighted by atomic mass is 10.0. The highest BCUT2D eigenvalue weighted by Gasteiger charge is 2.43. The topological polar surface area (TPSA) is 77.1 Å². The fourth-order valence-electron chi connectivity index (χ4n) is 3.41. The number of hydroxylamine groups is 2. The maximum atomic E-state index is 13.0. The Balaban J connectivity index is 1.56. The molecule has 2 atom stereocenters. The number of nitrogens with zero attached hydrogens (tertiary/aromatic N) is 1. The summed E-state index contributed by atoms with van der Waals surface area (Å²) >= 11 is 0. The molecule has 2 aromatic rings. The zero-order valence-corrected chi connectivity index (χ0v) is 15.8. The Hall–Kier alpha value is -2.13. The van der Waals surface area contributed by atoms with E-state index in [0.29, 0.717) is 24.7 Å². The van der Waals surface area contributed by atoms with E-state index in [-0.39, 0.29) is 13.2 Å². The van der Waals surface area contributed by atoms with Gasteiger partial charge in [0.1, 0.15) is 18.5 Å². The van der Waals surface area contributed by atoms with Crippen LogP contribution in [0.4, 0.5) is 0 Å². The highest BCUT2D eigenvalue weighted by atomic mass is 32.2. The highest BCUT2D eigenvalue weighted by molar-refractivity contribution is 7.90. The van der Waals surface area contributed by atoms with Crippen molar-refractivity contribution < 1.29 is 22.7 Å². The molecular formula is C19H22N2O5S. The van der Waals surface area contributed by atoms with Gasteiger partial charge in [-0.25, -0.2) is 13.1 Å². The first kappa shape index (κ1) is 18.2. The summed E-state index contributed by atoms with van der Waals surface area (Å²) in [6, 6.07) is 14.5. The second-order valence-corrected chi connectivity index (χ2v) is 8.56. The van der Waals surface area contributed by atoms with E-state index in [9.17, 15) is 8.42 Å². The third-order valence-corrected chi connectivity index (χ3v) is 6.55. The first-order chi connectivity index (χ1) is 13.0. The van der Waals surface area contributed by atoms with Gasteiger partial charge in [-0.3, -0.25) is 4.84 Å². The smallest absolute Gasteiger partial charge is 0.219 e. The molecule has 2 heterocycles. The van der Waals surface area contributed by atoms with Crippen LogP contribution in [0.2, 0.25) is 0 Å². The Labute approximate surface area is 158 Å². The Kier molecular flexibility index (Phi) is 5.05. The van der Waals surface area contributed by atoms with Crippen molar-refractivity contribution in [1.29, 1.82) is 0 Å². The predicted molar refractivity (Wildman–Crippen MR) is 99.9 cm³/mol. The van der Waals surface area contributed by atoms with Crippen LogP contribution in [0.25, 0.3) is 0 Å². The molecule has 0 aromatic heterocycles. The van der Waals surface area contributed by atoms with E-state index in [0.717, 1.165) is 11.1 Å². The van der Waals surface area contributed by atoms with Gasteiger partial charge in [0.15, 0.2) is 11.5 Å². The lowest BCUT2D eigenvalue weighted by Gasteiger charge is -2.25. The molecule has 4 rings (SSSR count). The van der Waals surface area contributed by atoms with Gasteiger partial charge >= 0.3 is 0 Å². The number of benzene rings is 2. The van der Waals surface area contributed by atoms with E-state index >= 15 is 0 Å². The zero-order chi connectivity index (χ0) is 18.9. The van der Waals surface area contributed by atoms with E-state index in [1.807, 2.05) is 48.5 Å². The molecule has 144 valence electrons. The van der Waals surface area contributed by atoms with Gasteiger partial charge in [-0.1, -0.05) is 36.4 Å². The van der Waals surface area contributed by atoms with Gasteiger partial charge in [0.05, 0.1) is 12.6 Å². The van der Waals surface area contributed by atoms with Crippen molar-refractivity contribution in [2.75, 3.05) is 26.9 Å². The van der Waals surface area contributed by atoms with Gasteiger partial charge in [0, 0.05) is 13.6 Å². The SMILES string of the molecule is CN1OCC(S(=O)(=O)NCc2ccccc2)C1c1ccc2c(c1)OCCO2. The number of hydrogen-bond donors (Lipinski definition) is 1. The lowest BCUT2D eigenvalue weighted by Crippen LogP contribution is -2.39. The fourth-order valence-corrected chi connectivity index (χ4v) is 4.90. The van der Waals surface area contributed by atoms with Crippen molar-refractivity contribution in [2.45, 2.75) is 17.8 Å². The third-order valence-electron chi connectivity index (χ3n) is 4.81. The second kappa shape index (κ2) is 7.47. The van der Waals surface area contributed by atoms with Gasteiger partial charge in [0.2, 0.25) is 10.0 Å². The molecule has 1 N–H and O–H groups in total. The van der Waals surface area contributed by atoms with Crippen molar-refractivity contribution in [2.24, 2.45) is 0 Å². The first-order valence-electron chi connectivity index (χ1n) is 8.82. The number of ether oxygens (including phenoxy) is 2. The largest absolute Gasteiger partial charge is 0.486 e. The number of rotatable bonds is 5. The standard InChI is InChI=1S/C19H22N2O5S/c1-21-19(15-7-8-16-17(11-15)25-10-9-24-16)18(13-26-21)27(22,23)20-12-14-5-3-2-4-6-14/h2-8,11,18-20H,9-10,12-13H2,1H3. The minimum Gasteiger partial charge on any atom is -0.486 e. The molecule has 0 saturated carbocycles. The van der Waals surface area contributed by atoms with Crippen LogP contribution in [-0.2, 0) is 21.4 Å². The van der Waals surface area contributed by atoms with Gasteiger partial charge in [-0.15, -0.1) is 0 Å². The van der Waals surface area contributed by atoms with E-state index in [2.05, 4.69) is 4.72 Å². The molecule has 2 aliphatic heterocycles. The molecule has 1 fully saturated rings. The molecule has 0 aliphatic carbocycles. The summed E-state index contributed by atoms with van der Waals surface area (Å²) in [6.45, 7) is 1.34. The summed E-state index contributed by atoms with van der Waals surface area (Å²) in [5.74, 6) is 1.31. The molecule has 2 aliphatic rings. The lowest BCUT2D eigenvalue weighted by molar-refractivity contribution is -0.110. The monoisotopic (exact) mass is 390 g/mol. The van der Waals surface area contributed by atoms with Crippen LogP contribution < -0.4 is 14.2 Å². The number of fused-ring (bicyclic) bond motifs is 1. The summed E-state index contributed by atoms with van der Waals surface area (Å²) < 4.78 is 39.8. The average Bonchev–Trinajstić information content (AvgIpc) is 3.09. The minimum atomic E-state index is -3.60. The number of sulfonamides is 1. The van der Waals surface area contributed by atoms with Crippen LogP contribution in [0.15, 0.2) is 48.5 Å². The van der Waals surface area contributed by atoms with E-state index in [4.69, 9.17) is 14.3 Å². The van der Waals surface area contributed by atoms with Gasteiger partial charge in [0.25, 0.3) is 0 Å². The van der Waals surface area contributed by atoms with Crippen LogP contribution in [0.3, 0.4) is 0 Å². The third kappa shape index (κ3) is 3.79. The van der Waals surface area contributed by atoms with Crippen molar-refractivity contribution in [3.63, 3.8) is 0 Å². The molecule has 1 saturated heterocycles. The number of hydrogen-bond acceptors (Lipinski definition) is 6. The molecule has 8 heteroatoms. The normalized spacial score (nSPS) is 22.7. The molecule has 27 heavy (non-hydrogen) atoms. The summed E-state index contributed by atoms with van der Waals surface area (Å²) in [4.78, 5) is 5.56. The van der Waals surface area contributed by atoms with Gasteiger partial charge < -0.3 is 9.47 Å². The minimum absolute atomic E-state index is 0.0970. The Bertz CT molecular complexity index is 904. The fraction of sp³-hybridized carbons (Fsp3) is 0.368. The first-order valence-corrected chi connectivity index (χ1v) is 10.4. The van der Waals surface area contributed by atoms with Crippen LogP contribution >= 0.6 is 0 Å². The number of nitrogens with one attached hydrogen (secondary N) is 1. The second-order valence-electron chi connectivity index (χ2n) is 6.58. The molecule has 0 amide bonds. The molecule has 0 radical (unpaired) electrons. The van der Waals surface area contributed by atoms with E-state index < -0.39 is 21.3 Å². The summed E-state index contributed by atoms with van der Waals surface area (Å²) in [5.41, 5.74) is 1.72. The van der Waals surface area contributed by atoms with E-state index in [1.54, 1.807) is 12.1 Å². The zero-order valence-electron chi connectivity index (χ0n) is 15.0. The quantitative estimate of drug-likeness (QED) is 0.840. The van der Waals surface area contributed by atoms with Crippen molar-refractivity contribution in [3.8, 4) is 11.5 Å². The molecule has 2 aromatic carbocycles. The van der Waals surface area contributed by atoms with Gasteiger partial charge in [-0.05, 0) is 23.3 Å². The molecular weight excluding hydrogens is 368 g/mol. The Morgan fingerprint density at radius 3 is 2.59 bits per heavy atom. The van der Waals surface area contributed by atoms with Crippen molar-refractivity contribution in [3.05, 3.63) is 59.7 Å². The van der Waals surface area contributed by atoms with Crippen molar-refractivity contribution in [1.82, 2.24) is 9.79 Å². The van der Waals surface area contributed by atoms with Crippen LogP contribution in [0, 0.1) is 0 Å². The highest BCUT2D eigenvalue weighted by Crippen LogP contribution is 2.38. The van der Waals surface area contributed by atoms with Gasteiger partial charge in [-0.2, -0.15) is 5.06 Å². The Morgan fingerprint density at radius 2 is 1.81 bits per heavy atom. The molecule has 0 bridgehead atoms. The summed E-state index contributed by atoms with van der Waals surface area (Å²) in [6.07, 6.45) is 0. The molecule has 0 spiro atoms. The van der Waals surface area contributed by atoms with Crippen LogP contribution in [0.5, 0.6) is 11.5 Å². The maximum Gasteiger partial charge on any atom is 0.219 e. The maximum absolute atomic E-state index is 13.0. The summed E-state index contributed by atoms with van der Waals surface area (Å²) in [7, 11) is -1.85. The van der Waals surface area contributed by atoms with E-state index in [1.165, 1.54) is 0 Å². The predicted octanol–water partition coefficient (Wildman–Crippen LogP) is 1.86. The molecule has 2 unspecified atom stereocenters. The van der Waals surface area contributed by atoms with Crippen LogP contribution in [-0.4, -0.2) is 45.6 Å². The van der Waals surface area contributed by atoms with Crippen molar-refractivity contribution >= 4 is 10.0 Å². The van der Waals surface area contributed by atoms with Crippen LogP contribution in [0.1, 0.15) is 17.2 Å². The average molecular weight is 390 g/mol.